The minimum atomic E-state index is -0.200. The molecule has 0 aliphatic carbocycles. The van der Waals surface area contributed by atoms with Crippen molar-refractivity contribution in [1.82, 2.24) is 4.98 Å². The van der Waals surface area contributed by atoms with Crippen molar-refractivity contribution in [3.63, 3.8) is 0 Å². The number of pyridine rings is 1. The van der Waals surface area contributed by atoms with Crippen molar-refractivity contribution in [2.24, 2.45) is 0 Å². The van der Waals surface area contributed by atoms with Gasteiger partial charge in [-0.25, -0.2) is 0 Å². The van der Waals surface area contributed by atoms with E-state index in [1.54, 1.807) is 11.0 Å². The highest BCUT2D eigenvalue weighted by molar-refractivity contribution is 6.06. The van der Waals surface area contributed by atoms with Crippen LogP contribution in [0.15, 0.2) is 77.6 Å². The number of fused-ring (bicyclic) bond motifs is 1. The fourth-order valence-electron chi connectivity index (χ4n) is 3.76. The molecule has 5 heteroatoms. The van der Waals surface area contributed by atoms with Gasteiger partial charge in [0.2, 0.25) is 0 Å². The highest BCUT2D eigenvalue weighted by atomic mass is 16.5. The summed E-state index contributed by atoms with van der Waals surface area (Å²) in [6.45, 7) is 6.61. The molecule has 5 nitrogen and oxygen atoms in total. The maximum atomic E-state index is 13.5. The quantitative estimate of drug-likeness (QED) is 0.450. The molecule has 0 aliphatic rings. The Kier molecular flexibility index (Phi) is 6.08. The number of aryl methyl sites for hydroxylation is 2. The number of carbonyl (C=O) groups is 1. The van der Waals surface area contributed by atoms with Gasteiger partial charge in [0.25, 0.3) is 11.5 Å². The minimum Gasteiger partial charge on any atom is -0.494 e. The first-order valence-electron chi connectivity index (χ1n) is 10.7. The van der Waals surface area contributed by atoms with Crippen LogP contribution in [-0.2, 0) is 6.54 Å². The van der Waals surface area contributed by atoms with E-state index in [1.807, 2.05) is 87.5 Å². The van der Waals surface area contributed by atoms with Crippen LogP contribution in [0.5, 0.6) is 5.75 Å². The van der Waals surface area contributed by atoms with Crippen LogP contribution < -0.4 is 15.2 Å². The molecule has 4 rings (SSSR count). The van der Waals surface area contributed by atoms with Crippen molar-refractivity contribution < 1.29 is 9.53 Å². The molecular formula is C27H26N2O3. The zero-order valence-electron chi connectivity index (χ0n) is 18.5. The number of hydrogen-bond acceptors (Lipinski definition) is 3. The van der Waals surface area contributed by atoms with Crippen molar-refractivity contribution in [2.45, 2.75) is 27.3 Å². The second-order valence-electron chi connectivity index (χ2n) is 7.90. The van der Waals surface area contributed by atoms with Gasteiger partial charge in [-0.2, -0.15) is 0 Å². The number of hydrogen-bond donors (Lipinski definition) is 1. The van der Waals surface area contributed by atoms with Gasteiger partial charge in [0.1, 0.15) is 5.75 Å². The Bertz CT molecular complexity index is 1320. The lowest BCUT2D eigenvalue weighted by atomic mass is 10.1. The van der Waals surface area contributed by atoms with E-state index in [0.29, 0.717) is 23.4 Å². The maximum Gasteiger partial charge on any atom is 0.258 e. The average molecular weight is 427 g/mol. The van der Waals surface area contributed by atoms with Crippen LogP contribution in [0.4, 0.5) is 5.69 Å². The summed E-state index contributed by atoms with van der Waals surface area (Å²) in [4.78, 5) is 30.9. The molecule has 0 saturated heterocycles. The van der Waals surface area contributed by atoms with Gasteiger partial charge in [0.05, 0.1) is 13.2 Å². The molecule has 1 amide bonds. The Morgan fingerprint density at radius 2 is 1.69 bits per heavy atom. The second kappa shape index (κ2) is 9.10. The molecule has 0 fully saturated rings. The van der Waals surface area contributed by atoms with Gasteiger partial charge in [-0.1, -0.05) is 29.3 Å². The zero-order chi connectivity index (χ0) is 22.7. The van der Waals surface area contributed by atoms with Gasteiger partial charge < -0.3 is 14.6 Å². The summed E-state index contributed by atoms with van der Waals surface area (Å²) in [5.74, 6) is 0.569. The number of benzene rings is 3. The Morgan fingerprint density at radius 1 is 0.938 bits per heavy atom. The van der Waals surface area contributed by atoms with Crippen molar-refractivity contribution in [1.29, 1.82) is 0 Å². The molecule has 1 aromatic heterocycles. The smallest absolute Gasteiger partial charge is 0.258 e. The van der Waals surface area contributed by atoms with Crippen LogP contribution in [-0.4, -0.2) is 17.5 Å². The molecule has 3 aromatic carbocycles. The van der Waals surface area contributed by atoms with Gasteiger partial charge in [-0.15, -0.1) is 0 Å². The van der Waals surface area contributed by atoms with E-state index in [0.717, 1.165) is 27.8 Å². The Hall–Kier alpha value is -3.86. The third-order valence-corrected chi connectivity index (χ3v) is 5.37. The highest BCUT2D eigenvalue weighted by Gasteiger charge is 2.20. The normalized spacial score (nSPS) is 10.8. The predicted octanol–water partition coefficient (Wildman–Crippen LogP) is 5.39. The molecule has 0 unspecified atom stereocenters. The molecule has 4 aromatic rings. The monoisotopic (exact) mass is 426 g/mol. The number of ether oxygens (including phenoxy) is 1. The standard InChI is InChI=1S/C27H26N2O3/c1-4-32-24-11-9-23(10-12-24)29(27(31)20-7-5-6-18(2)14-20)17-22-16-21-15-19(3)8-13-25(21)28-26(22)30/h5-16H,4,17H2,1-3H3,(H,28,30). The van der Waals surface area contributed by atoms with Crippen molar-refractivity contribution >= 4 is 22.5 Å². The topological polar surface area (TPSA) is 62.4 Å². The molecule has 0 spiro atoms. The fourth-order valence-corrected chi connectivity index (χ4v) is 3.76. The van der Waals surface area contributed by atoms with Crippen LogP contribution in [0.25, 0.3) is 10.9 Å². The first-order valence-corrected chi connectivity index (χ1v) is 10.7. The van der Waals surface area contributed by atoms with E-state index in [1.165, 1.54) is 0 Å². The molecule has 0 saturated carbocycles. The largest absolute Gasteiger partial charge is 0.494 e. The number of aromatic amines is 1. The van der Waals surface area contributed by atoms with Crippen LogP contribution >= 0.6 is 0 Å². The third-order valence-electron chi connectivity index (χ3n) is 5.37. The first-order chi connectivity index (χ1) is 15.4. The van der Waals surface area contributed by atoms with Crippen LogP contribution in [0.3, 0.4) is 0 Å². The van der Waals surface area contributed by atoms with E-state index < -0.39 is 0 Å². The summed E-state index contributed by atoms with van der Waals surface area (Å²) in [7, 11) is 0. The first kappa shape index (κ1) is 21.4. The number of nitrogens with zero attached hydrogens (tertiary/aromatic N) is 1. The molecule has 0 radical (unpaired) electrons. The third kappa shape index (κ3) is 4.57. The number of aromatic nitrogens is 1. The maximum absolute atomic E-state index is 13.5. The summed E-state index contributed by atoms with van der Waals surface area (Å²) in [5.41, 5.74) is 4.49. The molecule has 162 valence electrons. The van der Waals surface area contributed by atoms with Crippen LogP contribution in [0.1, 0.15) is 34.0 Å². The lowest BCUT2D eigenvalue weighted by Crippen LogP contribution is -2.33. The molecule has 0 bridgehead atoms. The minimum absolute atomic E-state index is 0.153. The zero-order valence-corrected chi connectivity index (χ0v) is 18.5. The number of carbonyl (C=O) groups excluding carboxylic acids is 1. The summed E-state index contributed by atoms with van der Waals surface area (Å²) < 4.78 is 5.54. The molecular weight excluding hydrogens is 400 g/mol. The molecule has 1 heterocycles. The Morgan fingerprint density at radius 3 is 2.41 bits per heavy atom. The van der Waals surface area contributed by atoms with Gasteiger partial charge in [0, 0.05) is 22.3 Å². The SMILES string of the molecule is CCOc1ccc(N(Cc2cc3cc(C)ccc3[nH]c2=O)C(=O)c2cccc(C)c2)cc1. The average Bonchev–Trinajstić information content (AvgIpc) is 2.78. The fraction of sp³-hybridized carbons (Fsp3) is 0.185. The lowest BCUT2D eigenvalue weighted by Gasteiger charge is -2.23. The van der Waals surface area contributed by atoms with Crippen molar-refractivity contribution in [3.05, 3.63) is 105 Å². The van der Waals surface area contributed by atoms with Crippen LogP contribution in [0, 0.1) is 13.8 Å². The number of anilines is 1. The highest BCUT2D eigenvalue weighted by Crippen LogP contribution is 2.24. The number of amides is 1. The van der Waals surface area contributed by atoms with Crippen molar-refractivity contribution in [3.8, 4) is 5.75 Å². The van der Waals surface area contributed by atoms with E-state index >= 15 is 0 Å². The molecule has 32 heavy (non-hydrogen) atoms. The van der Waals surface area contributed by atoms with Gasteiger partial charge in [-0.3, -0.25) is 9.59 Å². The van der Waals surface area contributed by atoms with E-state index in [2.05, 4.69) is 4.98 Å². The Balaban J connectivity index is 1.77. The number of rotatable bonds is 6. The predicted molar refractivity (Wildman–Crippen MR) is 129 cm³/mol. The van der Waals surface area contributed by atoms with Crippen LogP contribution in [0.2, 0.25) is 0 Å². The summed E-state index contributed by atoms with van der Waals surface area (Å²) >= 11 is 0. The van der Waals surface area contributed by atoms with E-state index in [4.69, 9.17) is 4.74 Å². The van der Waals surface area contributed by atoms with Gasteiger partial charge in [0.15, 0.2) is 0 Å². The molecule has 0 aliphatic heterocycles. The number of H-pyrrole nitrogens is 1. The van der Waals surface area contributed by atoms with Gasteiger partial charge in [-0.05, 0) is 80.8 Å². The molecule has 1 N–H and O–H groups in total. The number of nitrogens with one attached hydrogen (secondary N) is 1. The summed E-state index contributed by atoms with van der Waals surface area (Å²) in [6.07, 6.45) is 0. The van der Waals surface area contributed by atoms with Crippen molar-refractivity contribution in [2.75, 3.05) is 11.5 Å². The lowest BCUT2D eigenvalue weighted by molar-refractivity contribution is 0.0985. The second-order valence-corrected chi connectivity index (χ2v) is 7.90. The summed E-state index contributed by atoms with van der Waals surface area (Å²) in [6, 6.07) is 22.6. The molecule has 0 atom stereocenters. The summed E-state index contributed by atoms with van der Waals surface area (Å²) in [5, 5.41) is 0.939. The van der Waals surface area contributed by atoms with Gasteiger partial charge >= 0.3 is 0 Å². The van der Waals surface area contributed by atoms with E-state index in [9.17, 15) is 9.59 Å². The van der Waals surface area contributed by atoms with E-state index in [-0.39, 0.29) is 18.0 Å². The Labute approximate surface area is 187 Å².